The van der Waals surface area contributed by atoms with Gasteiger partial charge in [0.2, 0.25) is 5.91 Å². The van der Waals surface area contributed by atoms with Crippen LogP contribution in [0.5, 0.6) is 0 Å². The molecule has 0 N–H and O–H groups in total. The smallest absolute Gasteiger partial charge is 0.226 e. The second-order valence-corrected chi connectivity index (χ2v) is 6.85. The van der Waals surface area contributed by atoms with Crippen LogP contribution in [0.4, 0.5) is 0 Å². The molecule has 3 rings (SSSR count). The summed E-state index contributed by atoms with van der Waals surface area (Å²) < 4.78 is 5.16. The summed E-state index contributed by atoms with van der Waals surface area (Å²) in [7, 11) is 3.64. The van der Waals surface area contributed by atoms with Gasteiger partial charge in [-0.05, 0) is 36.3 Å². The van der Waals surface area contributed by atoms with E-state index in [1.54, 1.807) is 7.11 Å². The average Bonchev–Trinajstić information content (AvgIpc) is 3.08. The molecular weight excluding hydrogens is 262 g/mol. The highest BCUT2D eigenvalue weighted by Crippen LogP contribution is 2.61. The molecule has 2 aliphatic carbocycles. The van der Waals surface area contributed by atoms with Gasteiger partial charge in [-0.3, -0.25) is 4.79 Å². The van der Waals surface area contributed by atoms with E-state index in [0.29, 0.717) is 18.4 Å². The molecule has 0 radical (unpaired) electrons. The van der Waals surface area contributed by atoms with Gasteiger partial charge in [-0.1, -0.05) is 31.2 Å². The van der Waals surface area contributed by atoms with Crippen molar-refractivity contribution in [3.05, 3.63) is 35.4 Å². The molecule has 21 heavy (non-hydrogen) atoms. The van der Waals surface area contributed by atoms with Crippen LogP contribution < -0.4 is 0 Å². The summed E-state index contributed by atoms with van der Waals surface area (Å²) in [6.45, 7) is 3.61. The fraction of sp³-hybridized carbons (Fsp3) is 0.611. The van der Waals surface area contributed by atoms with Crippen LogP contribution in [0.15, 0.2) is 24.3 Å². The molecule has 3 nitrogen and oxygen atoms in total. The van der Waals surface area contributed by atoms with Crippen molar-refractivity contribution in [3.63, 3.8) is 0 Å². The minimum atomic E-state index is 0.159. The maximum Gasteiger partial charge on any atom is 0.226 e. The van der Waals surface area contributed by atoms with Crippen molar-refractivity contribution in [2.75, 3.05) is 27.3 Å². The lowest BCUT2D eigenvalue weighted by molar-refractivity contribution is -0.132. The number of methoxy groups -OCH3 is 1. The molecule has 1 amide bonds. The molecule has 0 heterocycles. The van der Waals surface area contributed by atoms with Gasteiger partial charge in [-0.15, -0.1) is 0 Å². The second-order valence-electron chi connectivity index (χ2n) is 6.85. The van der Waals surface area contributed by atoms with Crippen LogP contribution in [0.3, 0.4) is 0 Å². The van der Waals surface area contributed by atoms with Crippen LogP contribution in [0.25, 0.3) is 0 Å². The molecule has 0 bridgehead atoms. The van der Waals surface area contributed by atoms with Gasteiger partial charge in [-0.2, -0.15) is 0 Å². The number of carbonyl (C=O) groups is 1. The van der Waals surface area contributed by atoms with Crippen molar-refractivity contribution in [2.45, 2.75) is 31.6 Å². The van der Waals surface area contributed by atoms with Gasteiger partial charge in [0.15, 0.2) is 0 Å². The standard InChI is InChI=1S/C18H25NO2/c1-13(12-21-3)11-19(2)17(20)16-10-18(16)9-8-14-6-4-5-7-15(14)18/h4-7,13,16H,8-12H2,1-3H3/t13-,16-,18-/m1/s1. The van der Waals surface area contributed by atoms with E-state index in [1.807, 2.05) is 11.9 Å². The third kappa shape index (κ3) is 2.48. The quantitative estimate of drug-likeness (QED) is 0.833. The Kier molecular flexibility index (Phi) is 3.78. The Bertz CT molecular complexity index is 542. The van der Waals surface area contributed by atoms with Crippen LogP contribution in [-0.2, 0) is 21.4 Å². The predicted molar refractivity (Wildman–Crippen MR) is 83.2 cm³/mol. The van der Waals surface area contributed by atoms with Gasteiger partial charge in [0, 0.05) is 32.0 Å². The third-order valence-corrected chi connectivity index (χ3v) is 5.18. The molecule has 114 valence electrons. The highest BCUT2D eigenvalue weighted by Gasteiger charge is 2.61. The minimum absolute atomic E-state index is 0.159. The molecule has 0 aliphatic heterocycles. The first-order valence-electron chi connectivity index (χ1n) is 7.91. The second kappa shape index (κ2) is 5.45. The molecule has 3 atom stereocenters. The maximum absolute atomic E-state index is 12.7. The van der Waals surface area contributed by atoms with Crippen LogP contribution in [0.1, 0.15) is 30.9 Å². The van der Waals surface area contributed by atoms with E-state index in [2.05, 4.69) is 31.2 Å². The number of hydrogen-bond acceptors (Lipinski definition) is 2. The summed E-state index contributed by atoms with van der Waals surface area (Å²) in [6.07, 6.45) is 3.31. The van der Waals surface area contributed by atoms with Crippen molar-refractivity contribution in [1.29, 1.82) is 0 Å². The molecule has 1 aromatic rings. The normalized spacial score (nSPS) is 27.5. The Balaban J connectivity index is 1.67. The largest absolute Gasteiger partial charge is 0.384 e. The summed E-state index contributed by atoms with van der Waals surface area (Å²) >= 11 is 0. The zero-order chi connectivity index (χ0) is 15.0. The van der Waals surface area contributed by atoms with Gasteiger partial charge in [0.1, 0.15) is 0 Å². The number of aryl methyl sites for hydroxylation is 1. The number of hydrogen-bond donors (Lipinski definition) is 0. The zero-order valence-corrected chi connectivity index (χ0v) is 13.3. The third-order valence-electron chi connectivity index (χ3n) is 5.18. The van der Waals surface area contributed by atoms with E-state index >= 15 is 0 Å². The first-order valence-corrected chi connectivity index (χ1v) is 7.91. The first-order chi connectivity index (χ1) is 10.1. The van der Waals surface area contributed by atoms with Crippen molar-refractivity contribution >= 4 is 5.91 Å². The number of benzene rings is 1. The number of rotatable bonds is 5. The number of nitrogens with zero attached hydrogens (tertiary/aromatic N) is 1. The monoisotopic (exact) mass is 287 g/mol. The van der Waals surface area contributed by atoms with Crippen LogP contribution >= 0.6 is 0 Å². The van der Waals surface area contributed by atoms with Gasteiger partial charge in [0.05, 0.1) is 6.61 Å². The molecule has 3 heteroatoms. The molecule has 0 unspecified atom stereocenters. The fourth-order valence-electron chi connectivity index (χ4n) is 4.08. The predicted octanol–water partition coefficient (Wildman–Crippen LogP) is 2.63. The van der Waals surface area contributed by atoms with E-state index in [-0.39, 0.29) is 11.3 Å². The highest BCUT2D eigenvalue weighted by molar-refractivity contribution is 5.84. The molecule has 1 aromatic carbocycles. The van der Waals surface area contributed by atoms with Gasteiger partial charge in [0.25, 0.3) is 0 Å². The highest BCUT2D eigenvalue weighted by atomic mass is 16.5. The van der Waals surface area contributed by atoms with E-state index < -0.39 is 0 Å². The Labute approximate surface area is 127 Å². The van der Waals surface area contributed by atoms with Crippen molar-refractivity contribution in [1.82, 2.24) is 4.90 Å². The van der Waals surface area contributed by atoms with Crippen molar-refractivity contribution < 1.29 is 9.53 Å². The summed E-state index contributed by atoms with van der Waals surface area (Å²) in [5.74, 6) is 0.894. The van der Waals surface area contributed by atoms with Crippen LogP contribution in [-0.4, -0.2) is 38.1 Å². The number of carbonyl (C=O) groups excluding carboxylic acids is 1. The Morgan fingerprint density at radius 2 is 2.24 bits per heavy atom. The van der Waals surface area contributed by atoms with Crippen molar-refractivity contribution in [3.8, 4) is 0 Å². The van der Waals surface area contributed by atoms with E-state index in [1.165, 1.54) is 11.1 Å². The fourth-order valence-corrected chi connectivity index (χ4v) is 4.08. The maximum atomic E-state index is 12.7. The van der Waals surface area contributed by atoms with Gasteiger partial charge < -0.3 is 9.64 Å². The van der Waals surface area contributed by atoms with Gasteiger partial charge >= 0.3 is 0 Å². The first kappa shape index (κ1) is 14.6. The lowest BCUT2D eigenvalue weighted by atomic mass is 9.95. The number of fused-ring (bicyclic) bond motifs is 2. The van der Waals surface area contributed by atoms with Crippen LogP contribution in [0.2, 0.25) is 0 Å². The molecule has 0 aromatic heterocycles. The number of amides is 1. The molecule has 2 aliphatic rings. The Morgan fingerprint density at radius 1 is 1.48 bits per heavy atom. The Hall–Kier alpha value is -1.35. The molecule has 1 fully saturated rings. The van der Waals surface area contributed by atoms with Crippen LogP contribution in [0, 0.1) is 11.8 Å². The molecule has 0 saturated heterocycles. The molecule has 1 spiro atoms. The Morgan fingerprint density at radius 3 is 3.00 bits per heavy atom. The SMILES string of the molecule is COC[C@H](C)CN(C)C(=O)[C@H]1C[C@@]12CCc1ccccc12. The average molecular weight is 287 g/mol. The van der Waals surface area contributed by atoms with Crippen molar-refractivity contribution in [2.24, 2.45) is 11.8 Å². The molecular formula is C18H25NO2. The lowest BCUT2D eigenvalue weighted by Gasteiger charge is -2.22. The summed E-state index contributed by atoms with van der Waals surface area (Å²) in [5.41, 5.74) is 3.04. The summed E-state index contributed by atoms with van der Waals surface area (Å²) in [6, 6.07) is 8.66. The summed E-state index contributed by atoms with van der Waals surface area (Å²) in [5, 5.41) is 0. The number of ether oxygens (including phenoxy) is 1. The lowest BCUT2D eigenvalue weighted by Crippen LogP contribution is -2.35. The minimum Gasteiger partial charge on any atom is -0.384 e. The zero-order valence-electron chi connectivity index (χ0n) is 13.3. The molecule has 1 saturated carbocycles. The summed E-state index contributed by atoms with van der Waals surface area (Å²) in [4.78, 5) is 14.6. The van der Waals surface area contributed by atoms with E-state index in [0.717, 1.165) is 25.8 Å². The van der Waals surface area contributed by atoms with E-state index in [4.69, 9.17) is 4.74 Å². The topological polar surface area (TPSA) is 29.5 Å². The van der Waals surface area contributed by atoms with Gasteiger partial charge in [-0.25, -0.2) is 0 Å². The van der Waals surface area contributed by atoms with E-state index in [9.17, 15) is 4.79 Å².